The topological polar surface area (TPSA) is 72.5 Å². The lowest BCUT2D eigenvalue weighted by atomic mass is 10.3. The van der Waals surface area contributed by atoms with Crippen molar-refractivity contribution in [1.82, 2.24) is 0 Å². The molecule has 0 atom stereocenters. The van der Waals surface area contributed by atoms with Gasteiger partial charge in [0.25, 0.3) is 0 Å². The molecule has 0 aliphatic heterocycles. The lowest BCUT2D eigenvalue weighted by Crippen LogP contribution is -2.13. The number of carbonyl (C=O) groups excluding carboxylic acids is 1. The van der Waals surface area contributed by atoms with E-state index in [0.29, 0.717) is 5.57 Å². The summed E-state index contributed by atoms with van der Waals surface area (Å²) in [5.74, 6) is 0. The van der Waals surface area contributed by atoms with Crippen molar-refractivity contribution in [2.75, 3.05) is 13.2 Å². The molecule has 1 amide bonds. The molecule has 0 unspecified atom stereocenters. The molecule has 62 valence electrons. The fourth-order valence-corrected chi connectivity index (χ4v) is 0.443. The van der Waals surface area contributed by atoms with Gasteiger partial charge in [-0.3, -0.25) is 0 Å². The smallest absolute Gasteiger partial charge is 0.404 e. The molecule has 0 fully saturated rings. The monoisotopic (exact) mass is 157 g/mol. The van der Waals surface area contributed by atoms with Crippen molar-refractivity contribution in [2.24, 2.45) is 5.73 Å². The Morgan fingerprint density at radius 3 is 2.73 bits per heavy atom. The number of rotatable bonds is 4. The van der Waals surface area contributed by atoms with Crippen LogP contribution in [0.3, 0.4) is 0 Å². The molecule has 3 N–H and O–H groups in total. The average Bonchev–Trinajstić information content (AvgIpc) is 1.98. The minimum atomic E-state index is -0.831. The first-order chi connectivity index (χ1) is 5.20. The predicted octanol–water partition coefficient (Wildman–Crippen LogP) is 0.186. The highest BCUT2D eigenvalue weighted by Gasteiger charge is 1.90. The summed E-state index contributed by atoms with van der Waals surface area (Å²) >= 11 is 0. The number of aliphatic hydroxyl groups excluding tert-OH is 1. The molecule has 0 rings (SSSR count). The molecule has 0 bridgehead atoms. The molecule has 0 heterocycles. The molecule has 4 nitrogen and oxygen atoms in total. The molecule has 0 radical (unpaired) electrons. The van der Waals surface area contributed by atoms with Crippen molar-refractivity contribution >= 4 is 6.09 Å². The van der Waals surface area contributed by atoms with Crippen LogP contribution in [-0.4, -0.2) is 24.4 Å². The summed E-state index contributed by atoms with van der Waals surface area (Å²) in [5.41, 5.74) is 5.29. The summed E-state index contributed by atoms with van der Waals surface area (Å²) in [7, 11) is 0. The third-order valence-corrected chi connectivity index (χ3v) is 1.02. The Hall–Kier alpha value is -1.29. The molecule has 0 spiro atoms. The highest BCUT2D eigenvalue weighted by molar-refractivity contribution is 5.64. The zero-order valence-corrected chi connectivity index (χ0v) is 6.12. The molecular weight excluding hydrogens is 146 g/mol. The minimum absolute atomic E-state index is 0.0667. The van der Waals surface area contributed by atoms with Gasteiger partial charge in [0.15, 0.2) is 0 Å². The summed E-state index contributed by atoms with van der Waals surface area (Å²) in [6.07, 6.45) is 2.17. The van der Waals surface area contributed by atoms with Gasteiger partial charge in [-0.15, -0.1) is 0 Å². The number of amides is 1. The van der Waals surface area contributed by atoms with Crippen molar-refractivity contribution < 1.29 is 14.6 Å². The zero-order chi connectivity index (χ0) is 8.69. The third-order valence-electron chi connectivity index (χ3n) is 1.02. The van der Waals surface area contributed by atoms with Crippen molar-refractivity contribution in [1.29, 1.82) is 0 Å². The molecule has 4 heteroatoms. The van der Waals surface area contributed by atoms with Crippen molar-refractivity contribution in [2.45, 2.75) is 0 Å². The van der Waals surface area contributed by atoms with E-state index in [0.717, 1.165) is 0 Å². The van der Waals surface area contributed by atoms with Crippen LogP contribution in [0.5, 0.6) is 0 Å². The van der Waals surface area contributed by atoms with E-state index in [1.165, 1.54) is 12.2 Å². The Labute approximate surface area is 65.0 Å². The van der Waals surface area contributed by atoms with Crippen LogP contribution in [0.2, 0.25) is 0 Å². The second-order valence-corrected chi connectivity index (χ2v) is 1.77. The van der Waals surface area contributed by atoms with Gasteiger partial charge in [0.05, 0.1) is 6.61 Å². The second-order valence-electron chi connectivity index (χ2n) is 1.77. The average molecular weight is 157 g/mol. The largest absolute Gasteiger partial charge is 0.445 e. The number of aliphatic hydroxyl groups is 1. The summed E-state index contributed by atoms with van der Waals surface area (Å²) in [4.78, 5) is 10.0. The van der Waals surface area contributed by atoms with Gasteiger partial charge in [-0.05, 0) is 11.6 Å². The van der Waals surface area contributed by atoms with Crippen molar-refractivity contribution in [3.63, 3.8) is 0 Å². The molecule has 0 aromatic rings. The molecule has 0 saturated heterocycles. The first kappa shape index (κ1) is 9.71. The molecule has 11 heavy (non-hydrogen) atoms. The second kappa shape index (κ2) is 5.49. The number of hydrogen-bond donors (Lipinski definition) is 2. The van der Waals surface area contributed by atoms with Crippen LogP contribution in [0.4, 0.5) is 4.79 Å². The maximum atomic E-state index is 10.0. The van der Waals surface area contributed by atoms with E-state index in [9.17, 15) is 4.79 Å². The van der Waals surface area contributed by atoms with Gasteiger partial charge in [0.1, 0.15) is 6.61 Å². The summed E-state index contributed by atoms with van der Waals surface area (Å²) < 4.78 is 4.38. The zero-order valence-electron chi connectivity index (χ0n) is 6.12. The van der Waals surface area contributed by atoms with Crippen LogP contribution in [-0.2, 0) is 4.74 Å². The lowest BCUT2D eigenvalue weighted by Gasteiger charge is -1.97. The van der Waals surface area contributed by atoms with Crippen LogP contribution >= 0.6 is 0 Å². The first-order valence-electron chi connectivity index (χ1n) is 3.05. The molecule has 0 saturated carbocycles. The number of carbonyl (C=O) groups is 1. The van der Waals surface area contributed by atoms with Crippen LogP contribution in [0, 0.1) is 0 Å². The highest BCUT2D eigenvalue weighted by Crippen LogP contribution is 1.92. The molecular formula is C7H11NO3. The molecule has 0 aromatic heterocycles. The van der Waals surface area contributed by atoms with E-state index >= 15 is 0 Å². The van der Waals surface area contributed by atoms with Gasteiger partial charge >= 0.3 is 6.09 Å². The van der Waals surface area contributed by atoms with E-state index in [2.05, 4.69) is 17.0 Å². The quantitative estimate of drug-likeness (QED) is 0.572. The van der Waals surface area contributed by atoms with E-state index in [-0.39, 0.29) is 13.2 Å². The van der Waals surface area contributed by atoms with E-state index in [4.69, 9.17) is 5.11 Å². The van der Waals surface area contributed by atoms with Crippen LogP contribution in [0.25, 0.3) is 0 Å². The Bertz CT molecular complexity index is 175. The number of nitrogens with two attached hydrogens (primary N) is 1. The SMILES string of the molecule is C=C/C(=C\COC(N)=O)CO. The van der Waals surface area contributed by atoms with E-state index in [1.807, 2.05) is 0 Å². The fraction of sp³-hybridized carbons (Fsp3) is 0.286. The molecule has 0 aliphatic rings. The Morgan fingerprint density at radius 2 is 2.36 bits per heavy atom. The van der Waals surface area contributed by atoms with Gasteiger partial charge in [0.2, 0.25) is 0 Å². The lowest BCUT2D eigenvalue weighted by molar-refractivity contribution is 0.169. The Balaban J connectivity index is 3.70. The number of primary amides is 1. The Morgan fingerprint density at radius 1 is 1.73 bits per heavy atom. The van der Waals surface area contributed by atoms with E-state index in [1.54, 1.807) is 0 Å². The Kier molecular flexibility index (Phi) is 4.85. The van der Waals surface area contributed by atoms with Gasteiger partial charge in [-0.1, -0.05) is 12.7 Å². The van der Waals surface area contributed by atoms with Crippen molar-refractivity contribution in [3.05, 3.63) is 24.3 Å². The van der Waals surface area contributed by atoms with Gasteiger partial charge in [0, 0.05) is 0 Å². The normalized spacial score (nSPS) is 10.8. The van der Waals surface area contributed by atoms with Crippen molar-refractivity contribution in [3.8, 4) is 0 Å². The maximum absolute atomic E-state index is 10.0. The van der Waals surface area contributed by atoms with Crippen LogP contribution in [0.1, 0.15) is 0 Å². The maximum Gasteiger partial charge on any atom is 0.404 e. The summed E-state index contributed by atoms with van der Waals surface area (Å²) in [5, 5.41) is 8.58. The third kappa shape index (κ3) is 5.17. The molecule has 0 aromatic carbocycles. The van der Waals surface area contributed by atoms with Gasteiger partial charge in [-0.25, -0.2) is 4.79 Å². The summed E-state index contributed by atoms with van der Waals surface area (Å²) in [6, 6.07) is 0. The van der Waals surface area contributed by atoms with E-state index < -0.39 is 6.09 Å². The highest BCUT2D eigenvalue weighted by atomic mass is 16.5. The standard InChI is InChI=1S/C7H11NO3/c1-2-6(5-9)3-4-11-7(8)10/h2-3,9H,1,4-5H2,(H2,8,10)/b6-3+. The number of hydrogen-bond acceptors (Lipinski definition) is 3. The first-order valence-corrected chi connectivity index (χ1v) is 3.05. The van der Waals surface area contributed by atoms with Gasteiger partial charge in [-0.2, -0.15) is 0 Å². The summed E-state index contributed by atoms with van der Waals surface area (Å²) in [6.45, 7) is 3.38. The van der Waals surface area contributed by atoms with Crippen LogP contribution in [0.15, 0.2) is 24.3 Å². The minimum Gasteiger partial charge on any atom is -0.445 e. The number of ether oxygens (including phenoxy) is 1. The molecule has 0 aliphatic carbocycles. The van der Waals surface area contributed by atoms with Gasteiger partial charge < -0.3 is 15.6 Å². The fourth-order valence-electron chi connectivity index (χ4n) is 0.443. The predicted molar refractivity (Wildman–Crippen MR) is 40.9 cm³/mol. The van der Waals surface area contributed by atoms with Crippen LogP contribution < -0.4 is 5.73 Å².